The van der Waals surface area contributed by atoms with Gasteiger partial charge in [-0.2, -0.15) is 10.2 Å². The monoisotopic (exact) mass is 304 g/mol. The molecule has 2 aromatic heterocycles. The van der Waals surface area contributed by atoms with Gasteiger partial charge in [-0.1, -0.05) is 13.8 Å². The zero-order chi connectivity index (χ0) is 16.4. The Bertz CT molecular complexity index is 713. The highest BCUT2D eigenvalue weighted by Gasteiger charge is 2.17. The minimum atomic E-state index is -0.452. The minimum absolute atomic E-state index is 0.210. The van der Waals surface area contributed by atoms with E-state index >= 15 is 0 Å². The molecule has 0 aliphatic rings. The van der Waals surface area contributed by atoms with E-state index < -0.39 is 5.91 Å². The van der Waals surface area contributed by atoms with Gasteiger partial charge in [-0.3, -0.25) is 30.2 Å². The number of hydrazine groups is 1. The molecule has 0 spiro atoms. The zero-order valence-electron chi connectivity index (χ0n) is 13.3. The Kier molecular flexibility index (Phi) is 4.30. The molecule has 0 unspecified atom stereocenters. The van der Waals surface area contributed by atoms with Crippen molar-refractivity contribution in [2.75, 3.05) is 0 Å². The number of H-pyrrole nitrogens is 1. The van der Waals surface area contributed by atoms with Crippen LogP contribution in [0.5, 0.6) is 0 Å². The van der Waals surface area contributed by atoms with Crippen LogP contribution in [0.4, 0.5) is 0 Å². The molecule has 0 saturated carbocycles. The summed E-state index contributed by atoms with van der Waals surface area (Å²) in [5.74, 6) is -0.919. The number of carbonyl (C=O) groups is 2. The molecule has 2 amide bonds. The fraction of sp³-hybridized carbons (Fsp3) is 0.429. The molecule has 0 atom stereocenters. The number of aryl methyl sites for hydroxylation is 2. The molecule has 8 nitrogen and oxygen atoms in total. The van der Waals surface area contributed by atoms with Crippen LogP contribution in [0.3, 0.4) is 0 Å². The molecule has 0 fully saturated rings. The van der Waals surface area contributed by atoms with Crippen LogP contribution in [0.2, 0.25) is 0 Å². The Morgan fingerprint density at radius 2 is 1.95 bits per heavy atom. The molecule has 118 valence electrons. The van der Waals surface area contributed by atoms with Gasteiger partial charge in [-0.25, -0.2) is 0 Å². The van der Waals surface area contributed by atoms with Gasteiger partial charge in [0.2, 0.25) is 5.91 Å². The Hall–Kier alpha value is -2.64. The SMILES string of the molecule is Cc1nn(C)c(C)c1-c1cc(C(=O)NNC(=O)C(C)C)[nH]n1. The van der Waals surface area contributed by atoms with Crippen molar-refractivity contribution in [1.82, 2.24) is 30.8 Å². The van der Waals surface area contributed by atoms with Gasteiger partial charge >= 0.3 is 0 Å². The third kappa shape index (κ3) is 3.00. The number of hydrogen-bond acceptors (Lipinski definition) is 4. The molecule has 0 saturated heterocycles. The first-order valence-corrected chi connectivity index (χ1v) is 6.97. The summed E-state index contributed by atoms with van der Waals surface area (Å²) in [6, 6.07) is 1.63. The van der Waals surface area contributed by atoms with Crippen molar-refractivity contribution < 1.29 is 9.59 Å². The molecular formula is C14H20N6O2. The van der Waals surface area contributed by atoms with Crippen LogP contribution in [0.15, 0.2) is 6.07 Å². The van der Waals surface area contributed by atoms with Gasteiger partial charge in [-0.05, 0) is 19.9 Å². The third-order valence-electron chi connectivity index (χ3n) is 3.41. The molecule has 0 aliphatic heterocycles. The van der Waals surface area contributed by atoms with E-state index in [4.69, 9.17) is 0 Å². The van der Waals surface area contributed by atoms with E-state index in [9.17, 15) is 9.59 Å². The van der Waals surface area contributed by atoms with E-state index in [-0.39, 0.29) is 17.5 Å². The van der Waals surface area contributed by atoms with E-state index in [1.165, 1.54) is 0 Å². The van der Waals surface area contributed by atoms with Crippen molar-refractivity contribution in [2.45, 2.75) is 27.7 Å². The second-order valence-corrected chi connectivity index (χ2v) is 5.43. The van der Waals surface area contributed by atoms with Crippen molar-refractivity contribution in [3.8, 4) is 11.3 Å². The highest BCUT2D eigenvalue weighted by Crippen LogP contribution is 2.24. The van der Waals surface area contributed by atoms with Crippen molar-refractivity contribution in [3.63, 3.8) is 0 Å². The lowest BCUT2D eigenvalue weighted by atomic mass is 10.1. The lowest BCUT2D eigenvalue weighted by Crippen LogP contribution is -2.43. The summed E-state index contributed by atoms with van der Waals surface area (Å²) in [5, 5.41) is 11.1. The first kappa shape index (κ1) is 15.7. The van der Waals surface area contributed by atoms with Crippen molar-refractivity contribution >= 4 is 11.8 Å². The molecule has 2 aromatic rings. The van der Waals surface area contributed by atoms with Crippen LogP contribution >= 0.6 is 0 Å². The largest absolute Gasteiger partial charge is 0.287 e. The lowest BCUT2D eigenvalue weighted by molar-refractivity contribution is -0.124. The molecule has 2 heterocycles. The molecular weight excluding hydrogens is 284 g/mol. The van der Waals surface area contributed by atoms with Gasteiger partial charge in [0.05, 0.1) is 11.4 Å². The number of hydrogen-bond donors (Lipinski definition) is 3. The number of aromatic amines is 1. The van der Waals surface area contributed by atoms with Gasteiger partial charge < -0.3 is 0 Å². The zero-order valence-corrected chi connectivity index (χ0v) is 13.3. The average Bonchev–Trinajstić information content (AvgIpc) is 3.01. The Labute approximate surface area is 128 Å². The Morgan fingerprint density at radius 1 is 1.27 bits per heavy atom. The maximum absolute atomic E-state index is 12.0. The molecule has 0 aliphatic carbocycles. The fourth-order valence-electron chi connectivity index (χ4n) is 2.04. The number of nitrogens with one attached hydrogen (secondary N) is 3. The van der Waals surface area contributed by atoms with Gasteiger partial charge in [0.15, 0.2) is 0 Å². The second-order valence-electron chi connectivity index (χ2n) is 5.43. The standard InChI is InChI=1S/C14H20N6O2/c1-7(2)13(21)17-18-14(22)11-6-10(15-16-11)12-8(3)19-20(5)9(12)4/h6-7H,1-5H3,(H,15,16)(H,17,21)(H,18,22). The van der Waals surface area contributed by atoms with Crippen LogP contribution < -0.4 is 10.9 Å². The number of aromatic nitrogens is 4. The van der Waals surface area contributed by atoms with Crippen LogP contribution in [-0.4, -0.2) is 31.8 Å². The van der Waals surface area contributed by atoms with E-state index in [2.05, 4.69) is 26.1 Å². The molecule has 3 N–H and O–H groups in total. The number of nitrogens with zero attached hydrogens (tertiary/aromatic N) is 3. The van der Waals surface area contributed by atoms with Crippen LogP contribution in [0, 0.1) is 19.8 Å². The minimum Gasteiger partial charge on any atom is -0.273 e. The maximum Gasteiger partial charge on any atom is 0.287 e. The molecule has 0 bridgehead atoms. The first-order valence-electron chi connectivity index (χ1n) is 6.97. The molecule has 22 heavy (non-hydrogen) atoms. The highest BCUT2D eigenvalue weighted by atomic mass is 16.2. The molecule has 2 rings (SSSR count). The summed E-state index contributed by atoms with van der Waals surface area (Å²) in [4.78, 5) is 23.4. The van der Waals surface area contributed by atoms with Crippen LogP contribution in [-0.2, 0) is 11.8 Å². The predicted octanol–water partition coefficient (Wildman–Crippen LogP) is 0.844. The van der Waals surface area contributed by atoms with E-state index in [1.54, 1.807) is 24.6 Å². The van der Waals surface area contributed by atoms with Crippen molar-refractivity contribution in [3.05, 3.63) is 23.1 Å². The third-order valence-corrected chi connectivity index (χ3v) is 3.41. The number of carbonyl (C=O) groups excluding carboxylic acids is 2. The summed E-state index contributed by atoms with van der Waals surface area (Å²) in [7, 11) is 1.85. The van der Waals surface area contributed by atoms with Gasteiger partial charge in [0.1, 0.15) is 5.69 Å². The molecule has 8 heteroatoms. The molecule has 0 aromatic carbocycles. The fourth-order valence-corrected chi connectivity index (χ4v) is 2.04. The van der Waals surface area contributed by atoms with Crippen molar-refractivity contribution in [2.24, 2.45) is 13.0 Å². The van der Waals surface area contributed by atoms with E-state index in [0.717, 1.165) is 17.0 Å². The van der Waals surface area contributed by atoms with Crippen LogP contribution in [0.25, 0.3) is 11.3 Å². The van der Waals surface area contributed by atoms with Gasteiger partial charge in [-0.15, -0.1) is 0 Å². The van der Waals surface area contributed by atoms with Crippen LogP contribution in [0.1, 0.15) is 35.7 Å². The number of amides is 2. The Morgan fingerprint density at radius 3 is 2.50 bits per heavy atom. The summed E-state index contributed by atoms with van der Waals surface area (Å²) in [6.45, 7) is 7.31. The van der Waals surface area contributed by atoms with E-state index in [0.29, 0.717) is 5.69 Å². The highest BCUT2D eigenvalue weighted by molar-refractivity contribution is 5.94. The van der Waals surface area contributed by atoms with Crippen molar-refractivity contribution in [1.29, 1.82) is 0 Å². The average molecular weight is 304 g/mol. The summed E-state index contributed by atoms with van der Waals surface area (Å²) in [5.41, 5.74) is 8.30. The topological polar surface area (TPSA) is 105 Å². The Balaban J connectivity index is 2.14. The smallest absolute Gasteiger partial charge is 0.273 e. The maximum atomic E-state index is 12.0. The second kappa shape index (κ2) is 6.00. The van der Waals surface area contributed by atoms with E-state index in [1.807, 2.05) is 20.9 Å². The summed E-state index contributed by atoms with van der Waals surface area (Å²) >= 11 is 0. The first-order chi connectivity index (χ1) is 10.3. The quantitative estimate of drug-likeness (QED) is 0.731. The number of rotatable bonds is 3. The normalized spacial score (nSPS) is 10.8. The lowest BCUT2D eigenvalue weighted by Gasteiger charge is -2.07. The van der Waals surface area contributed by atoms with Gasteiger partial charge in [0, 0.05) is 24.2 Å². The summed E-state index contributed by atoms with van der Waals surface area (Å²) < 4.78 is 1.77. The van der Waals surface area contributed by atoms with Gasteiger partial charge in [0.25, 0.3) is 5.91 Å². The summed E-state index contributed by atoms with van der Waals surface area (Å²) in [6.07, 6.45) is 0. The predicted molar refractivity (Wildman–Crippen MR) is 80.7 cm³/mol. The molecule has 0 radical (unpaired) electrons.